The van der Waals surface area contributed by atoms with Crippen molar-refractivity contribution >= 4 is 56.7 Å². The third-order valence-corrected chi connectivity index (χ3v) is 9.79. The molecule has 2 amide bonds. The number of aromatic amines is 2. The number of esters is 1. The van der Waals surface area contributed by atoms with Crippen LogP contribution < -0.4 is 26.4 Å². The molecule has 64 heavy (non-hydrogen) atoms. The summed E-state index contributed by atoms with van der Waals surface area (Å²) in [5.41, 5.74) is -7.36. The number of H-pyrrole nitrogens is 2. The molecule has 2 aromatic heterocycles. The molecular weight excluding hydrogens is 865 g/mol. The highest BCUT2D eigenvalue weighted by Crippen LogP contribution is 2.41. The Morgan fingerprint density at radius 1 is 0.641 bits per heavy atom. The van der Waals surface area contributed by atoms with E-state index in [4.69, 9.17) is 4.74 Å². The zero-order chi connectivity index (χ0) is 46.9. The van der Waals surface area contributed by atoms with E-state index in [0.29, 0.717) is 30.4 Å². The third kappa shape index (κ3) is 10.4. The Morgan fingerprint density at radius 3 is 1.66 bits per heavy atom. The van der Waals surface area contributed by atoms with Gasteiger partial charge in [0.15, 0.2) is 0 Å². The number of hydrogen-bond donors (Lipinski definition) is 4. The highest BCUT2D eigenvalue weighted by Gasteiger charge is 2.40. The number of hydrogen-bond acceptors (Lipinski definition) is 7. The summed E-state index contributed by atoms with van der Waals surface area (Å²) < 4.78 is 125. The minimum atomic E-state index is -5.01. The zero-order valence-electron chi connectivity index (χ0n) is 33.7. The number of amides is 2. The quantitative estimate of drug-likeness (QED) is 0.0959. The normalized spacial score (nSPS) is 14.5. The number of alkyl halides is 9. The van der Waals surface area contributed by atoms with Crippen LogP contribution in [0.1, 0.15) is 71.0 Å². The minimum absolute atomic E-state index is 0.107. The van der Waals surface area contributed by atoms with Crippen molar-refractivity contribution in [3.8, 4) is 0 Å². The van der Waals surface area contributed by atoms with Gasteiger partial charge in [-0.3, -0.25) is 19.2 Å². The fourth-order valence-corrected chi connectivity index (χ4v) is 6.87. The van der Waals surface area contributed by atoms with Crippen LogP contribution in [0.4, 0.5) is 56.6 Å². The molecule has 1 aliphatic heterocycles. The molecule has 6 aromatic rings. The average molecular weight is 902 g/mol. The van der Waals surface area contributed by atoms with Crippen LogP contribution in [0.15, 0.2) is 107 Å². The van der Waals surface area contributed by atoms with Gasteiger partial charge in [-0.05, 0) is 94.3 Å². The summed E-state index contributed by atoms with van der Waals surface area (Å²) in [7, 11) is 0. The van der Waals surface area contributed by atoms with Gasteiger partial charge in [-0.15, -0.1) is 0 Å². The molecule has 4 aromatic carbocycles. The molecule has 7 rings (SSSR count). The van der Waals surface area contributed by atoms with E-state index in [2.05, 4.69) is 15.3 Å². The number of halogens is 9. The zero-order valence-corrected chi connectivity index (χ0v) is 33.7. The first-order valence-electron chi connectivity index (χ1n) is 19.2. The Kier molecular flexibility index (Phi) is 12.7. The smallest absolute Gasteiger partial charge is 0.418 e. The summed E-state index contributed by atoms with van der Waals surface area (Å²) >= 11 is 0. The number of fused-ring (bicyclic) bond motifs is 2. The summed E-state index contributed by atoms with van der Waals surface area (Å²) in [5.74, 6) is -2.73. The van der Waals surface area contributed by atoms with Crippen molar-refractivity contribution in [2.75, 3.05) is 22.1 Å². The summed E-state index contributed by atoms with van der Waals surface area (Å²) in [5, 5.41) is 4.36. The van der Waals surface area contributed by atoms with Gasteiger partial charge in [0.2, 0.25) is 10.9 Å². The van der Waals surface area contributed by atoms with Gasteiger partial charge in [0.25, 0.3) is 11.8 Å². The second-order valence-corrected chi connectivity index (χ2v) is 15.4. The number of nitrogens with one attached hydrogen (secondary N) is 4. The molecule has 0 saturated carbocycles. The van der Waals surface area contributed by atoms with Gasteiger partial charge in [0, 0.05) is 46.4 Å². The molecule has 1 atom stereocenters. The minimum Gasteiger partial charge on any atom is -0.458 e. The molecule has 3 heterocycles. The molecule has 336 valence electrons. The van der Waals surface area contributed by atoms with Crippen molar-refractivity contribution in [1.29, 1.82) is 0 Å². The van der Waals surface area contributed by atoms with Crippen molar-refractivity contribution < 1.29 is 58.6 Å². The van der Waals surface area contributed by atoms with E-state index in [1.165, 1.54) is 30.5 Å². The molecule has 1 saturated heterocycles. The van der Waals surface area contributed by atoms with Crippen LogP contribution in [0, 0.1) is 0 Å². The van der Waals surface area contributed by atoms with E-state index in [-0.39, 0.29) is 40.2 Å². The van der Waals surface area contributed by atoms with Crippen LogP contribution in [0.5, 0.6) is 0 Å². The fraction of sp³-hybridized carbons (Fsp3) is 0.250. The number of rotatable bonds is 6. The van der Waals surface area contributed by atoms with Gasteiger partial charge in [0.05, 0.1) is 28.1 Å². The molecule has 20 heteroatoms. The number of carbonyl (C=O) groups excluding carboxylic acids is 3. The lowest BCUT2D eigenvalue weighted by Crippen LogP contribution is -2.40. The molecule has 0 bridgehead atoms. The maximum atomic E-state index is 14.0. The number of aromatic nitrogens is 2. The first-order chi connectivity index (χ1) is 29.8. The van der Waals surface area contributed by atoms with Gasteiger partial charge in [-0.1, -0.05) is 24.3 Å². The van der Waals surface area contributed by atoms with Gasteiger partial charge >= 0.3 is 24.5 Å². The van der Waals surface area contributed by atoms with Gasteiger partial charge in [0.1, 0.15) is 22.8 Å². The second kappa shape index (κ2) is 17.6. The fourth-order valence-electron chi connectivity index (χ4n) is 6.87. The second-order valence-electron chi connectivity index (χ2n) is 15.4. The topological polar surface area (TPSA) is 153 Å². The lowest BCUT2D eigenvalue weighted by molar-refractivity contribution is -0.156. The molecular formula is C44H36F9N5O6. The van der Waals surface area contributed by atoms with Crippen LogP contribution >= 0.6 is 0 Å². The Bertz CT molecular complexity index is 2880. The summed E-state index contributed by atoms with van der Waals surface area (Å²) in [6, 6.07) is 16.0. The van der Waals surface area contributed by atoms with Crippen LogP contribution in [-0.2, 0) is 28.1 Å². The largest absolute Gasteiger partial charge is 0.458 e. The number of para-hydroxylation sites is 2. The van der Waals surface area contributed by atoms with Crippen LogP contribution in [0.25, 0.3) is 21.8 Å². The Balaban J connectivity index is 0.000000219. The predicted molar refractivity (Wildman–Crippen MR) is 219 cm³/mol. The van der Waals surface area contributed by atoms with E-state index in [1.54, 1.807) is 61.3 Å². The highest BCUT2D eigenvalue weighted by atomic mass is 19.4. The molecule has 0 aliphatic carbocycles. The number of carbonyl (C=O) groups is 3. The number of anilines is 3. The molecule has 0 spiro atoms. The van der Waals surface area contributed by atoms with E-state index < -0.39 is 92.4 Å². The van der Waals surface area contributed by atoms with Crippen LogP contribution in [0.2, 0.25) is 0 Å². The van der Waals surface area contributed by atoms with Crippen molar-refractivity contribution in [2.24, 2.45) is 0 Å². The number of pyridine rings is 2. The standard InChI is InChI=1S/C26H26F3N3O4.C18H10F6N2O2/c1-25(2,3)36-24(35)21-9-6-12-32(21)15-10-11-20(18(13-15)26(27,28)29)31-23(34)17-14-30-19-8-5-4-7-16(19)22(17)33;19-17(20,21)9-5-6-12(18(22,23)24)14(7-9)26-16(28)11-8-25-13-4-2-1-3-10(13)15(11)27/h4-5,7-8,10-11,13-14,21H,6,9,12H2,1-3H3,(H,30,33)(H,31,34);1-8H,(H,25,27)(H,26,28)/t21-;/m0./s1. The first kappa shape index (κ1) is 46.4. The van der Waals surface area contributed by atoms with Crippen molar-refractivity contribution in [2.45, 2.75) is 63.8 Å². The van der Waals surface area contributed by atoms with Crippen molar-refractivity contribution in [3.05, 3.63) is 146 Å². The summed E-state index contributed by atoms with van der Waals surface area (Å²) in [4.78, 5) is 69.9. The Morgan fingerprint density at radius 2 is 1.16 bits per heavy atom. The average Bonchev–Trinajstić information content (AvgIpc) is 3.71. The van der Waals surface area contributed by atoms with E-state index in [0.717, 1.165) is 18.3 Å². The van der Waals surface area contributed by atoms with E-state index >= 15 is 0 Å². The van der Waals surface area contributed by atoms with Gasteiger partial charge in [-0.2, -0.15) is 39.5 Å². The number of nitrogens with zero attached hydrogens (tertiary/aromatic N) is 1. The lowest BCUT2D eigenvalue weighted by Gasteiger charge is -2.29. The molecule has 0 unspecified atom stereocenters. The SMILES string of the molecule is CC(C)(C)OC(=O)[C@@H]1CCCN1c1ccc(NC(=O)c2c[nH]c3ccccc3c2=O)c(C(F)(F)F)c1.O=C(Nc1cc(C(F)(F)F)ccc1C(F)(F)F)c1c[nH]c2ccccc2c1=O. The molecule has 11 nitrogen and oxygen atoms in total. The maximum Gasteiger partial charge on any atom is 0.418 e. The highest BCUT2D eigenvalue weighted by molar-refractivity contribution is 6.07. The third-order valence-electron chi connectivity index (χ3n) is 9.79. The molecule has 1 fully saturated rings. The van der Waals surface area contributed by atoms with Crippen LogP contribution in [-0.4, -0.2) is 45.9 Å². The van der Waals surface area contributed by atoms with E-state index in [1.807, 2.05) is 0 Å². The molecule has 1 aliphatic rings. The monoisotopic (exact) mass is 901 g/mol. The van der Waals surface area contributed by atoms with Crippen molar-refractivity contribution in [1.82, 2.24) is 9.97 Å². The summed E-state index contributed by atoms with van der Waals surface area (Å²) in [6.07, 6.45) is -11.5. The van der Waals surface area contributed by atoms with E-state index in [9.17, 15) is 63.5 Å². The molecule has 0 radical (unpaired) electrons. The molecule has 4 N–H and O–H groups in total. The number of benzene rings is 4. The van der Waals surface area contributed by atoms with Gasteiger partial charge < -0.3 is 30.2 Å². The van der Waals surface area contributed by atoms with Crippen LogP contribution in [0.3, 0.4) is 0 Å². The van der Waals surface area contributed by atoms with Gasteiger partial charge in [-0.25, -0.2) is 4.79 Å². The Hall–Kier alpha value is -7.12. The Labute approximate surface area is 356 Å². The predicted octanol–water partition coefficient (Wildman–Crippen LogP) is 9.93. The number of ether oxygens (including phenoxy) is 1. The summed E-state index contributed by atoms with van der Waals surface area (Å²) in [6.45, 7) is 5.57. The maximum absolute atomic E-state index is 14.0. The van der Waals surface area contributed by atoms with Crippen molar-refractivity contribution in [3.63, 3.8) is 0 Å². The first-order valence-corrected chi connectivity index (χ1v) is 19.2. The lowest BCUT2D eigenvalue weighted by atomic mass is 10.1.